The molecule has 20 heavy (non-hydrogen) atoms. The summed E-state index contributed by atoms with van der Waals surface area (Å²) in [6, 6.07) is 11.3. The Labute approximate surface area is 115 Å². The van der Waals surface area contributed by atoms with Gasteiger partial charge >= 0.3 is 0 Å². The Morgan fingerprint density at radius 2 is 1.05 bits per heavy atom. The zero-order chi connectivity index (χ0) is 14.7. The second-order valence-electron chi connectivity index (χ2n) is 3.96. The molecule has 0 bridgehead atoms. The molecule has 0 fully saturated rings. The average molecular weight is 289 g/mol. The van der Waals surface area contributed by atoms with Crippen LogP contribution in [0.2, 0.25) is 0 Å². The maximum atomic E-state index is 10.5. The molecule has 0 saturated carbocycles. The predicted octanol–water partition coefficient (Wildman–Crippen LogP) is 0.601. The Kier molecular flexibility index (Phi) is 3.87. The Bertz CT molecular complexity index is 584. The first-order valence-electron chi connectivity index (χ1n) is 5.54. The molecule has 0 aliphatic rings. The molecule has 0 saturated heterocycles. The molecule has 7 nitrogen and oxygen atoms in total. The highest BCUT2D eigenvalue weighted by Gasteiger charge is 2.17. The van der Waals surface area contributed by atoms with Crippen LogP contribution in [0.25, 0.3) is 0 Å². The molecule has 2 aromatic rings. The Balaban J connectivity index is 2.24. The van der Waals surface area contributed by atoms with Gasteiger partial charge < -0.3 is 4.80 Å². The predicted molar refractivity (Wildman–Crippen MR) is 73.4 cm³/mol. The molecule has 0 unspecified atom stereocenters. The van der Waals surface area contributed by atoms with Crippen molar-refractivity contribution in [3.05, 3.63) is 68.8 Å². The second-order valence-corrected chi connectivity index (χ2v) is 5.81. The third-order valence-corrected chi connectivity index (χ3v) is 4.46. The van der Waals surface area contributed by atoms with Crippen LogP contribution in [-0.4, -0.2) is 23.7 Å². The van der Waals surface area contributed by atoms with Crippen LogP contribution < -0.4 is 10.4 Å². The minimum absolute atomic E-state index is 0.0488. The van der Waals surface area contributed by atoms with E-state index in [4.69, 9.17) is 0 Å². The van der Waals surface area contributed by atoms with Gasteiger partial charge in [0.15, 0.2) is 0 Å². The number of hydrogen-bond donors (Lipinski definition) is 1. The fourth-order valence-electron chi connectivity index (χ4n) is 1.65. The van der Waals surface area contributed by atoms with Crippen LogP contribution in [0.4, 0.5) is 11.4 Å². The SMILES string of the molecule is O=[N+]([O-])c1ccc([Si](O)c2ccc([N+](=O)[O-])cc2)cc1. The van der Waals surface area contributed by atoms with Gasteiger partial charge in [-0.05, 0) is 10.4 Å². The summed E-state index contributed by atoms with van der Waals surface area (Å²) in [5.74, 6) is 0. The van der Waals surface area contributed by atoms with E-state index in [2.05, 4.69) is 0 Å². The molecule has 2 rings (SSSR count). The van der Waals surface area contributed by atoms with Crippen LogP contribution in [-0.2, 0) is 0 Å². The molecular weight excluding hydrogens is 280 g/mol. The number of nitrogens with zero attached hydrogens (tertiary/aromatic N) is 2. The van der Waals surface area contributed by atoms with Gasteiger partial charge in [0, 0.05) is 24.3 Å². The number of nitro groups is 2. The molecule has 1 N–H and O–H groups in total. The molecule has 101 valence electrons. The van der Waals surface area contributed by atoms with Gasteiger partial charge in [-0.2, -0.15) is 0 Å². The minimum Gasteiger partial charge on any atom is -0.424 e. The fraction of sp³-hybridized carbons (Fsp3) is 0. The van der Waals surface area contributed by atoms with Crippen LogP contribution in [0.1, 0.15) is 0 Å². The molecule has 0 aliphatic carbocycles. The van der Waals surface area contributed by atoms with Gasteiger partial charge in [0.2, 0.25) is 0 Å². The maximum absolute atomic E-state index is 10.5. The molecule has 0 aliphatic heterocycles. The summed E-state index contributed by atoms with van der Waals surface area (Å²) in [6.07, 6.45) is 0. The summed E-state index contributed by atoms with van der Waals surface area (Å²) in [6.45, 7) is 0. The number of hydrogen-bond acceptors (Lipinski definition) is 5. The van der Waals surface area contributed by atoms with Crippen LogP contribution >= 0.6 is 0 Å². The van der Waals surface area contributed by atoms with Crippen molar-refractivity contribution in [2.45, 2.75) is 0 Å². The van der Waals surface area contributed by atoms with Crippen molar-refractivity contribution >= 4 is 30.8 Å². The zero-order valence-electron chi connectivity index (χ0n) is 10.1. The lowest BCUT2D eigenvalue weighted by Crippen LogP contribution is -2.42. The lowest BCUT2D eigenvalue weighted by Gasteiger charge is -2.07. The molecule has 1 radical (unpaired) electrons. The first-order valence-corrected chi connectivity index (χ1v) is 6.99. The maximum Gasteiger partial charge on any atom is 0.280 e. The normalized spacial score (nSPS) is 10.5. The van der Waals surface area contributed by atoms with Gasteiger partial charge in [-0.3, -0.25) is 20.2 Å². The highest BCUT2D eigenvalue weighted by Crippen LogP contribution is 2.09. The molecule has 2 aromatic carbocycles. The van der Waals surface area contributed by atoms with E-state index in [0.29, 0.717) is 10.4 Å². The van der Waals surface area contributed by atoms with Crippen molar-refractivity contribution < 1.29 is 14.6 Å². The molecule has 0 amide bonds. The van der Waals surface area contributed by atoms with E-state index < -0.39 is 18.9 Å². The minimum atomic E-state index is -2.07. The van der Waals surface area contributed by atoms with E-state index in [1.165, 1.54) is 48.5 Å². The monoisotopic (exact) mass is 289 g/mol. The third kappa shape index (κ3) is 2.87. The van der Waals surface area contributed by atoms with E-state index in [0.717, 1.165) is 0 Å². The first-order chi connectivity index (χ1) is 9.49. The van der Waals surface area contributed by atoms with Crippen molar-refractivity contribution in [1.29, 1.82) is 0 Å². The summed E-state index contributed by atoms with van der Waals surface area (Å²) in [7, 11) is -2.07. The highest BCUT2D eigenvalue weighted by molar-refractivity contribution is 6.78. The number of rotatable bonds is 4. The Morgan fingerprint density at radius 3 is 1.30 bits per heavy atom. The number of benzene rings is 2. The molecule has 8 heteroatoms. The number of nitro benzene ring substituents is 2. The Morgan fingerprint density at radius 1 is 0.750 bits per heavy atom. The molecular formula is C12H9N2O5Si. The van der Waals surface area contributed by atoms with Gasteiger partial charge in [0.05, 0.1) is 9.85 Å². The molecule has 0 spiro atoms. The van der Waals surface area contributed by atoms with E-state index in [1.54, 1.807) is 0 Å². The lowest BCUT2D eigenvalue weighted by molar-refractivity contribution is -0.385. The Hall–Kier alpha value is -2.58. The topological polar surface area (TPSA) is 107 Å². The van der Waals surface area contributed by atoms with Crippen LogP contribution in [0.15, 0.2) is 48.5 Å². The van der Waals surface area contributed by atoms with Gasteiger partial charge in [-0.15, -0.1) is 0 Å². The van der Waals surface area contributed by atoms with Crippen LogP contribution in [0, 0.1) is 20.2 Å². The van der Waals surface area contributed by atoms with E-state index in [1.807, 2.05) is 0 Å². The van der Waals surface area contributed by atoms with Gasteiger partial charge in [0.25, 0.3) is 20.4 Å². The summed E-state index contributed by atoms with van der Waals surface area (Å²) in [4.78, 5) is 30.3. The summed E-state index contributed by atoms with van der Waals surface area (Å²) in [5, 5.41) is 22.2. The zero-order valence-corrected chi connectivity index (χ0v) is 11.1. The van der Waals surface area contributed by atoms with Crippen molar-refractivity contribution in [2.75, 3.05) is 0 Å². The van der Waals surface area contributed by atoms with Crippen LogP contribution in [0.3, 0.4) is 0 Å². The average Bonchev–Trinajstić information content (AvgIpc) is 2.46. The van der Waals surface area contributed by atoms with Crippen molar-refractivity contribution in [1.82, 2.24) is 0 Å². The molecule has 0 heterocycles. The molecule has 0 aromatic heterocycles. The second kappa shape index (κ2) is 5.59. The smallest absolute Gasteiger partial charge is 0.280 e. The van der Waals surface area contributed by atoms with Gasteiger partial charge in [-0.25, -0.2) is 0 Å². The lowest BCUT2D eigenvalue weighted by atomic mass is 10.3. The van der Waals surface area contributed by atoms with Crippen molar-refractivity contribution in [3.63, 3.8) is 0 Å². The van der Waals surface area contributed by atoms with Gasteiger partial charge in [0.1, 0.15) is 0 Å². The summed E-state index contributed by atoms with van der Waals surface area (Å²) < 4.78 is 0. The highest BCUT2D eigenvalue weighted by atomic mass is 28.3. The van der Waals surface area contributed by atoms with E-state index in [9.17, 15) is 25.0 Å². The molecule has 0 atom stereocenters. The van der Waals surface area contributed by atoms with Crippen LogP contribution in [0.5, 0.6) is 0 Å². The standard InChI is InChI=1S/C12H9N2O5Si/c15-13(16)9-1-5-11(6-2-9)20(19)12-7-3-10(4-8-12)14(17)18/h1-8,19H. The van der Waals surface area contributed by atoms with Gasteiger partial charge in [-0.1, -0.05) is 24.3 Å². The largest absolute Gasteiger partial charge is 0.424 e. The van der Waals surface area contributed by atoms with Crippen molar-refractivity contribution in [3.8, 4) is 0 Å². The van der Waals surface area contributed by atoms with E-state index in [-0.39, 0.29) is 11.4 Å². The first kappa shape index (κ1) is 13.8. The third-order valence-electron chi connectivity index (χ3n) is 2.70. The van der Waals surface area contributed by atoms with Crippen molar-refractivity contribution in [2.24, 2.45) is 0 Å². The summed E-state index contributed by atoms with van der Waals surface area (Å²) >= 11 is 0. The van der Waals surface area contributed by atoms with E-state index >= 15 is 0 Å². The fourth-order valence-corrected chi connectivity index (χ4v) is 2.95. The summed E-state index contributed by atoms with van der Waals surface area (Å²) in [5.41, 5.74) is -0.0977. The number of non-ortho nitro benzene ring substituents is 2. The quantitative estimate of drug-likeness (QED) is 0.504.